The molecule has 0 bridgehead atoms. The van der Waals surface area contributed by atoms with E-state index in [1.807, 2.05) is 60.8 Å². The van der Waals surface area contributed by atoms with Crippen molar-refractivity contribution in [1.29, 1.82) is 0 Å². The van der Waals surface area contributed by atoms with Crippen LogP contribution in [0.15, 0.2) is 72.1 Å². The zero-order valence-electron chi connectivity index (χ0n) is 13.1. The van der Waals surface area contributed by atoms with Gasteiger partial charge in [0.1, 0.15) is 0 Å². The van der Waals surface area contributed by atoms with Gasteiger partial charge in [0, 0.05) is 34.1 Å². The fraction of sp³-hybridized carbons (Fsp3) is 0.211. The third-order valence-electron chi connectivity index (χ3n) is 3.78. The molecule has 0 N–H and O–H groups in total. The largest absolute Gasteiger partial charge is 0.337 e. The molecule has 5 heteroatoms. The van der Waals surface area contributed by atoms with Crippen LogP contribution in [0.5, 0.6) is 0 Å². The van der Waals surface area contributed by atoms with E-state index in [4.69, 9.17) is 23.2 Å². The summed E-state index contributed by atoms with van der Waals surface area (Å²) in [5, 5.41) is 2.01. The first-order chi connectivity index (χ1) is 11.7. The smallest absolute Gasteiger partial charge is 0.0945 e. The molecule has 0 aliphatic carbocycles. The second-order valence-corrected chi connectivity index (χ2v) is 7.78. The van der Waals surface area contributed by atoms with Crippen LogP contribution in [0.2, 0.25) is 10.0 Å². The molecule has 1 atom stereocenters. The first kappa shape index (κ1) is 17.4. The average Bonchev–Trinajstić information content (AvgIpc) is 3.10. The predicted molar refractivity (Wildman–Crippen MR) is 103 cm³/mol. The normalized spacial score (nSPS) is 12.2. The summed E-state index contributed by atoms with van der Waals surface area (Å²) in [6, 6.07) is 16.1. The van der Waals surface area contributed by atoms with Crippen LogP contribution >= 0.6 is 35.0 Å². The zero-order valence-corrected chi connectivity index (χ0v) is 15.4. The second-order valence-electron chi connectivity index (χ2n) is 5.59. The van der Waals surface area contributed by atoms with Gasteiger partial charge in [-0.2, -0.15) is 0 Å². The fourth-order valence-electron chi connectivity index (χ4n) is 2.52. The quantitative estimate of drug-likeness (QED) is 0.471. The van der Waals surface area contributed by atoms with Gasteiger partial charge in [-0.05, 0) is 42.7 Å². The minimum Gasteiger partial charge on any atom is -0.337 e. The van der Waals surface area contributed by atoms with Crippen LogP contribution in [0.25, 0.3) is 0 Å². The molecule has 0 radical (unpaired) electrons. The van der Waals surface area contributed by atoms with Crippen LogP contribution in [0.4, 0.5) is 0 Å². The van der Waals surface area contributed by atoms with Crippen molar-refractivity contribution in [3.63, 3.8) is 0 Å². The van der Waals surface area contributed by atoms with Crippen molar-refractivity contribution in [3.8, 4) is 0 Å². The van der Waals surface area contributed by atoms with E-state index in [2.05, 4.69) is 27.8 Å². The van der Waals surface area contributed by atoms with Crippen molar-refractivity contribution in [3.05, 3.63) is 82.9 Å². The van der Waals surface area contributed by atoms with E-state index in [0.717, 1.165) is 34.3 Å². The van der Waals surface area contributed by atoms with Gasteiger partial charge in [-0.3, -0.25) is 0 Å². The van der Waals surface area contributed by atoms with Gasteiger partial charge in [-0.15, -0.1) is 11.8 Å². The molecule has 2 nitrogen and oxygen atoms in total. The highest BCUT2D eigenvalue weighted by atomic mass is 35.5. The number of hydrogen-bond donors (Lipinski definition) is 0. The summed E-state index contributed by atoms with van der Waals surface area (Å²) in [6.45, 7) is 0.940. The first-order valence-electron chi connectivity index (χ1n) is 7.82. The molecule has 124 valence electrons. The maximum Gasteiger partial charge on any atom is 0.0945 e. The maximum absolute atomic E-state index is 6.34. The number of benzene rings is 2. The minimum absolute atomic E-state index is 0.425. The molecule has 3 rings (SSSR count). The van der Waals surface area contributed by atoms with Crippen molar-refractivity contribution in [1.82, 2.24) is 9.55 Å². The molecule has 0 amide bonds. The van der Waals surface area contributed by atoms with Crippen LogP contribution in [0.1, 0.15) is 12.0 Å². The molecule has 0 aliphatic heterocycles. The lowest BCUT2D eigenvalue weighted by Gasteiger charge is -2.18. The topological polar surface area (TPSA) is 17.8 Å². The molecule has 0 saturated carbocycles. The van der Waals surface area contributed by atoms with E-state index in [1.54, 1.807) is 0 Å². The van der Waals surface area contributed by atoms with Crippen molar-refractivity contribution >= 4 is 35.0 Å². The molecule has 1 aromatic heterocycles. The van der Waals surface area contributed by atoms with Crippen LogP contribution in [-0.2, 0) is 13.0 Å². The van der Waals surface area contributed by atoms with E-state index in [-0.39, 0.29) is 0 Å². The van der Waals surface area contributed by atoms with E-state index >= 15 is 0 Å². The highest BCUT2D eigenvalue weighted by Gasteiger charge is 2.14. The summed E-state index contributed by atoms with van der Waals surface area (Å²) in [5.41, 5.74) is 1.29. The molecule has 0 spiro atoms. The van der Waals surface area contributed by atoms with E-state index in [9.17, 15) is 0 Å². The molecule has 0 saturated heterocycles. The number of aromatic nitrogens is 2. The highest BCUT2D eigenvalue weighted by Crippen LogP contribution is 2.33. The Kier molecular flexibility index (Phi) is 6.24. The standard InChI is InChI=1S/C19H18Cl2N2S/c20-16-7-5-15(6-8-16)13-17(9-11-23-12-10-22-14-23)24-19-4-2-1-3-18(19)21/h1-8,10,12,14,17H,9,11,13H2. The van der Waals surface area contributed by atoms with Gasteiger partial charge in [0.05, 0.1) is 11.3 Å². The van der Waals surface area contributed by atoms with Crippen LogP contribution in [0, 0.1) is 0 Å². The molecule has 3 aromatic rings. The summed E-state index contributed by atoms with van der Waals surface area (Å²) < 4.78 is 2.11. The molecule has 0 aliphatic rings. The monoisotopic (exact) mass is 376 g/mol. The Labute approximate surface area is 156 Å². The van der Waals surface area contributed by atoms with Gasteiger partial charge in [0.25, 0.3) is 0 Å². The summed E-state index contributed by atoms with van der Waals surface area (Å²) in [4.78, 5) is 5.24. The predicted octanol–water partition coefficient (Wildman–Crippen LogP) is 5.98. The zero-order chi connectivity index (χ0) is 16.8. The highest BCUT2D eigenvalue weighted by molar-refractivity contribution is 8.00. The molecular weight excluding hydrogens is 359 g/mol. The Hall–Kier alpha value is -1.42. The maximum atomic E-state index is 6.34. The fourth-order valence-corrected chi connectivity index (χ4v) is 4.11. The lowest BCUT2D eigenvalue weighted by molar-refractivity contribution is 0.619. The van der Waals surface area contributed by atoms with Gasteiger partial charge in [-0.25, -0.2) is 4.98 Å². The molecule has 1 unspecified atom stereocenters. The van der Waals surface area contributed by atoms with Gasteiger partial charge >= 0.3 is 0 Å². The number of halogens is 2. The number of aryl methyl sites for hydroxylation is 1. The minimum atomic E-state index is 0.425. The third kappa shape index (κ3) is 5.04. The molecular formula is C19H18Cl2N2S. The Bertz CT molecular complexity index is 757. The summed E-state index contributed by atoms with van der Waals surface area (Å²) in [5.74, 6) is 0. The van der Waals surface area contributed by atoms with Gasteiger partial charge in [0.2, 0.25) is 0 Å². The summed E-state index contributed by atoms with van der Waals surface area (Å²) >= 11 is 14.2. The molecule has 1 heterocycles. The average molecular weight is 377 g/mol. The van der Waals surface area contributed by atoms with E-state index in [1.165, 1.54) is 5.56 Å². The Morgan fingerprint density at radius 1 is 1.04 bits per heavy atom. The lowest BCUT2D eigenvalue weighted by Crippen LogP contribution is -2.11. The number of hydrogen-bond acceptors (Lipinski definition) is 2. The van der Waals surface area contributed by atoms with E-state index < -0.39 is 0 Å². The first-order valence-corrected chi connectivity index (χ1v) is 9.45. The third-order valence-corrected chi connectivity index (χ3v) is 5.81. The lowest BCUT2D eigenvalue weighted by atomic mass is 10.1. The van der Waals surface area contributed by atoms with Gasteiger partial charge < -0.3 is 4.57 Å². The van der Waals surface area contributed by atoms with Gasteiger partial charge in [0.15, 0.2) is 0 Å². The number of rotatable bonds is 7. The van der Waals surface area contributed by atoms with Crippen molar-refractivity contribution < 1.29 is 0 Å². The molecule has 0 fully saturated rings. The van der Waals surface area contributed by atoms with E-state index in [0.29, 0.717) is 5.25 Å². The Balaban J connectivity index is 1.72. The molecule has 24 heavy (non-hydrogen) atoms. The van der Waals surface area contributed by atoms with Crippen molar-refractivity contribution in [2.45, 2.75) is 29.5 Å². The number of thioether (sulfide) groups is 1. The number of nitrogens with zero attached hydrogens (tertiary/aromatic N) is 2. The second kappa shape index (κ2) is 8.61. The van der Waals surface area contributed by atoms with Gasteiger partial charge in [-0.1, -0.05) is 47.5 Å². The SMILES string of the molecule is Clc1ccc(CC(CCn2ccnc2)Sc2ccccc2Cl)cc1. The van der Waals surface area contributed by atoms with Crippen LogP contribution < -0.4 is 0 Å². The molecule has 2 aromatic carbocycles. The van der Waals surface area contributed by atoms with Crippen molar-refractivity contribution in [2.75, 3.05) is 0 Å². The van der Waals surface area contributed by atoms with Crippen LogP contribution in [0.3, 0.4) is 0 Å². The Morgan fingerprint density at radius 2 is 1.83 bits per heavy atom. The van der Waals surface area contributed by atoms with Crippen LogP contribution in [-0.4, -0.2) is 14.8 Å². The van der Waals surface area contributed by atoms with Crippen molar-refractivity contribution in [2.24, 2.45) is 0 Å². The number of imidazole rings is 1. The summed E-state index contributed by atoms with van der Waals surface area (Å²) in [6.07, 6.45) is 7.69. The Morgan fingerprint density at radius 3 is 2.54 bits per heavy atom. The summed E-state index contributed by atoms with van der Waals surface area (Å²) in [7, 11) is 0.